The van der Waals surface area contributed by atoms with Crippen LogP contribution in [0, 0.1) is 18.3 Å². The monoisotopic (exact) mass is 1030 g/mol. The van der Waals surface area contributed by atoms with Gasteiger partial charge in [-0.3, -0.25) is 38.4 Å². The summed E-state index contributed by atoms with van der Waals surface area (Å²) in [6.07, 6.45) is 1.91. The zero-order valence-corrected chi connectivity index (χ0v) is 46.0. The van der Waals surface area contributed by atoms with Crippen molar-refractivity contribution in [3.63, 3.8) is 0 Å². The Kier molecular flexibility index (Phi) is 23.3. The summed E-state index contributed by atoms with van der Waals surface area (Å²) in [6.45, 7) is 21.9. The van der Waals surface area contributed by atoms with E-state index in [4.69, 9.17) is 18.9 Å². The molecule has 0 radical (unpaired) electrons. The fraction of sp³-hybridized carbons (Fsp3) is 0.625. The second-order valence-electron chi connectivity index (χ2n) is 23.2. The maximum atomic E-state index is 14.7. The maximum Gasteiger partial charge on any atom is 0.328 e. The van der Waals surface area contributed by atoms with Gasteiger partial charge in [0.25, 0.3) is 0 Å². The molecule has 0 unspecified atom stereocenters. The second-order valence-corrected chi connectivity index (χ2v) is 23.2. The van der Waals surface area contributed by atoms with E-state index < -0.39 is 119 Å². The molecule has 0 heterocycles. The van der Waals surface area contributed by atoms with Crippen molar-refractivity contribution in [2.24, 2.45) is 11.3 Å². The van der Waals surface area contributed by atoms with Crippen molar-refractivity contribution in [2.45, 2.75) is 214 Å². The molecule has 2 aromatic rings. The van der Waals surface area contributed by atoms with Crippen LogP contribution < -0.4 is 26.6 Å². The molecule has 18 heteroatoms. The van der Waals surface area contributed by atoms with Gasteiger partial charge in [0.15, 0.2) is 0 Å². The molecule has 0 spiro atoms. The molecule has 1 fully saturated rings. The van der Waals surface area contributed by atoms with Gasteiger partial charge in [-0.25, -0.2) is 4.79 Å². The minimum atomic E-state index is -1.63. The first kappa shape index (κ1) is 62.0. The van der Waals surface area contributed by atoms with Gasteiger partial charge in [0.1, 0.15) is 53.6 Å². The third-order valence-electron chi connectivity index (χ3n) is 11.7. The highest BCUT2D eigenvalue weighted by Gasteiger charge is 2.39. The largest absolute Gasteiger partial charge is 0.460 e. The summed E-state index contributed by atoms with van der Waals surface area (Å²) in [5.41, 5.74) is -1.39. The van der Waals surface area contributed by atoms with Crippen molar-refractivity contribution < 1.29 is 62.1 Å². The third-order valence-corrected chi connectivity index (χ3v) is 11.7. The van der Waals surface area contributed by atoms with Crippen molar-refractivity contribution in [3.05, 3.63) is 71.3 Å². The molecule has 5 N–H and O–H groups in total. The van der Waals surface area contributed by atoms with Gasteiger partial charge >= 0.3 is 23.9 Å². The van der Waals surface area contributed by atoms with E-state index in [1.807, 2.05) is 49.4 Å². The number of carbonyl (C=O) groups is 9. The SMILES string of the molecule is Cc1ccccc1C[C@H](NC(=O)[C@H](CCC(=O)OC(C)(C)C)NC(=O)[C@H](CC(=O)OC(C)(C)C)NC(=O)CCC(=O)OC(C)(C)C)C(=O)N[C@H](C(=O)N[C@@H](CC1CCCC1)C(=O)OCc1ccccc1)C(C)(C)C. The minimum Gasteiger partial charge on any atom is -0.460 e. The smallest absolute Gasteiger partial charge is 0.328 e. The number of carbonyl (C=O) groups excluding carboxylic acids is 9. The third kappa shape index (κ3) is 23.7. The van der Waals surface area contributed by atoms with E-state index in [9.17, 15) is 43.2 Å². The summed E-state index contributed by atoms with van der Waals surface area (Å²) in [4.78, 5) is 124. The number of benzene rings is 2. The van der Waals surface area contributed by atoms with Crippen LogP contribution >= 0.6 is 0 Å². The molecule has 18 nitrogen and oxygen atoms in total. The Morgan fingerprint density at radius 1 is 0.541 bits per heavy atom. The highest BCUT2D eigenvalue weighted by atomic mass is 16.6. The van der Waals surface area contributed by atoms with Crippen molar-refractivity contribution in [1.29, 1.82) is 0 Å². The molecule has 3 rings (SSSR count). The average molecular weight is 1030 g/mol. The highest BCUT2D eigenvalue weighted by molar-refractivity contribution is 5.97. The Balaban J connectivity index is 1.99. The maximum absolute atomic E-state index is 14.7. The Bertz CT molecular complexity index is 2250. The van der Waals surface area contributed by atoms with Gasteiger partial charge in [-0.2, -0.15) is 0 Å². The van der Waals surface area contributed by atoms with Crippen LogP contribution in [0.1, 0.15) is 164 Å². The van der Waals surface area contributed by atoms with Crippen LogP contribution in [0.5, 0.6) is 0 Å². The molecule has 5 atom stereocenters. The van der Waals surface area contributed by atoms with Crippen LogP contribution in [0.3, 0.4) is 0 Å². The topological polar surface area (TPSA) is 251 Å². The zero-order chi connectivity index (χ0) is 55.6. The van der Waals surface area contributed by atoms with E-state index in [-0.39, 0.29) is 38.2 Å². The number of aryl methyl sites for hydroxylation is 1. The van der Waals surface area contributed by atoms with Crippen molar-refractivity contribution in [2.75, 3.05) is 0 Å². The Morgan fingerprint density at radius 3 is 1.61 bits per heavy atom. The molecule has 1 aliphatic rings. The lowest BCUT2D eigenvalue weighted by Gasteiger charge is -2.33. The van der Waals surface area contributed by atoms with E-state index in [0.717, 1.165) is 36.8 Å². The normalized spacial score (nSPS) is 15.2. The molecule has 0 aromatic heterocycles. The first-order valence-electron chi connectivity index (χ1n) is 25.7. The van der Waals surface area contributed by atoms with Crippen molar-refractivity contribution in [3.8, 4) is 0 Å². The van der Waals surface area contributed by atoms with Gasteiger partial charge in [0.05, 0.1) is 12.8 Å². The van der Waals surface area contributed by atoms with Crippen LogP contribution in [0.2, 0.25) is 0 Å². The van der Waals surface area contributed by atoms with E-state index >= 15 is 0 Å². The van der Waals surface area contributed by atoms with Crippen LogP contribution in [-0.4, -0.2) is 100 Å². The minimum absolute atomic E-state index is 0.00450. The van der Waals surface area contributed by atoms with Crippen LogP contribution in [-0.2, 0) is 75.1 Å². The zero-order valence-electron chi connectivity index (χ0n) is 46.0. The molecule has 1 aliphatic carbocycles. The molecular weight excluding hydrogens is 951 g/mol. The Labute approximate surface area is 437 Å². The van der Waals surface area contributed by atoms with Crippen LogP contribution in [0.25, 0.3) is 0 Å². The number of hydrogen-bond donors (Lipinski definition) is 5. The summed E-state index contributed by atoms with van der Waals surface area (Å²) < 4.78 is 22.0. The van der Waals surface area contributed by atoms with Crippen molar-refractivity contribution >= 4 is 53.4 Å². The number of ether oxygens (including phenoxy) is 4. The summed E-state index contributed by atoms with van der Waals surface area (Å²) in [7, 11) is 0. The number of amides is 5. The van der Waals surface area contributed by atoms with Crippen LogP contribution in [0.15, 0.2) is 54.6 Å². The van der Waals surface area contributed by atoms with E-state index in [2.05, 4.69) is 26.6 Å². The van der Waals surface area contributed by atoms with E-state index in [0.29, 0.717) is 12.0 Å². The molecule has 5 amide bonds. The fourth-order valence-electron chi connectivity index (χ4n) is 8.17. The number of hydrogen-bond acceptors (Lipinski definition) is 13. The van der Waals surface area contributed by atoms with Gasteiger partial charge in [0, 0.05) is 19.3 Å². The second kappa shape index (κ2) is 27.8. The lowest BCUT2D eigenvalue weighted by atomic mass is 9.85. The molecule has 1 saturated carbocycles. The Morgan fingerprint density at radius 2 is 1.04 bits per heavy atom. The van der Waals surface area contributed by atoms with Crippen LogP contribution in [0.4, 0.5) is 0 Å². The van der Waals surface area contributed by atoms with E-state index in [1.165, 1.54) is 0 Å². The number of esters is 4. The van der Waals surface area contributed by atoms with E-state index in [1.54, 1.807) is 95.2 Å². The van der Waals surface area contributed by atoms with Gasteiger partial charge in [-0.1, -0.05) is 101 Å². The standard InChI is InChI=1S/C56H83N5O13/c1-35-21-17-20-26-38(35)32-40(50(68)61-47(53(2,3)4)51(69)60-42(31-36-22-18-19-23-36)52(70)71-34-37-24-15-14-16-25-37)59-48(66)39(27-29-44(63)72-54(5,6)7)58-49(67)41(33-46(65)74-56(11,12)13)57-43(62)28-30-45(64)73-55(8,9)10/h14-17,20-21,24-26,36,39-42,47H,18-19,22-23,27-34H2,1-13H3,(H,57,62)(H,58,67)(H,59,66)(H,60,69)(H,61,68)/t39-,40-,41-,42-,47+/m0/s1. The van der Waals surface area contributed by atoms with Crippen molar-refractivity contribution in [1.82, 2.24) is 26.6 Å². The molecule has 410 valence electrons. The summed E-state index contributed by atoms with van der Waals surface area (Å²) in [5.74, 6) is -6.77. The molecule has 0 aliphatic heterocycles. The molecular formula is C56H83N5O13. The van der Waals surface area contributed by atoms with Gasteiger partial charge in [-0.15, -0.1) is 0 Å². The first-order chi connectivity index (χ1) is 34.3. The Hall–Kier alpha value is -6.33. The quantitative estimate of drug-likeness (QED) is 0.0572. The molecule has 0 saturated heterocycles. The average Bonchev–Trinajstić information content (AvgIpc) is 3.79. The predicted molar refractivity (Wildman–Crippen MR) is 277 cm³/mol. The molecule has 0 bridgehead atoms. The first-order valence-corrected chi connectivity index (χ1v) is 25.7. The lowest BCUT2D eigenvalue weighted by Crippen LogP contribution is -2.61. The number of nitrogens with one attached hydrogen (secondary N) is 5. The van der Waals surface area contributed by atoms with Gasteiger partial charge in [0.2, 0.25) is 29.5 Å². The fourth-order valence-corrected chi connectivity index (χ4v) is 8.17. The predicted octanol–water partition coefficient (Wildman–Crippen LogP) is 6.31. The summed E-state index contributed by atoms with van der Waals surface area (Å²) in [5, 5.41) is 13.6. The molecule has 2 aromatic carbocycles. The highest BCUT2D eigenvalue weighted by Crippen LogP contribution is 2.30. The van der Waals surface area contributed by atoms with Gasteiger partial charge < -0.3 is 45.5 Å². The number of rotatable bonds is 24. The molecule has 74 heavy (non-hydrogen) atoms. The van der Waals surface area contributed by atoms with Gasteiger partial charge in [-0.05, 0) is 110 Å². The summed E-state index contributed by atoms with van der Waals surface area (Å²) >= 11 is 0. The summed E-state index contributed by atoms with van der Waals surface area (Å²) in [6, 6.07) is 9.51. The lowest BCUT2D eigenvalue weighted by molar-refractivity contribution is -0.158.